The summed E-state index contributed by atoms with van der Waals surface area (Å²) in [6.45, 7) is 1.75. The number of guanidine groups is 1. The smallest absolute Gasteiger partial charge is 0.269 e. The molecular formula is C16H16N6O3. The highest BCUT2D eigenvalue weighted by molar-refractivity contribution is 6.05. The summed E-state index contributed by atoms with van der Waals surface area (Å²) in [4.78, 5) is 22.2. The maximum atomic E-state index is 12.1. The Hall–Kier alpha value is -3.75. The highest BCUT2D eigenvalue weighted by atomic mass is 16.6. The number of carbonyl (C=O) groups excluding carboxylic acids is 1. The van der Waals surface area contributed by atoms with Crippen molar-refractivity contribution in [3.8, 4) is 0 Å². The number of amides is 1. The van der Waals surface area contributed by atoms with E-state index in [2.05, 4.69) is 15.5 Å². The van der Waals surface area contributed by atoms with Gasteiger partial charge in [-0.2, -0.15) is 5.10 Å². The molecule has 0 radical (unpaired) electrons. The molecule has 0 saturated heterocycles. The number of hydrogen-bond donors (Lipinski definition) is 3. The minimum atomic E-state index is -0.521. The number of nitro benzene ring substituents is 1. The molecular weight excluding hydrogens is 324 g/mol. The van der Waals surface area contributed by atoms with Gasteiger partial charge in [-0.1, -0.05) is 12.1 Å². The van der Waals surface area contributed by atoms with Crippen LogP contribution in [0.4, 0.5) is 11.4 Å². The van der Waals surface area contributed by atoms with Crippen molar-refractivity contribution in [2.24, 2.45) is 21.7 Å². The fourth-order valence-corrected chi connectivity index (χ4v) is 1.92. The molecule has 2 aromatic rings. The normalized spacial score (nSPS) is 10.8. The molecule has 0 aliphatic rings. The number of rotatable bonds is 5. The molecule has 0 heterocycles. The molecule has 0 saturated carbocycles. The van der Waals surface area contributed by atoms with Crippen LogP contribution in [0.25, 0.3) is 0 Å². The van der Waals surface area contributed by atoms with Crippen LogP contribution >= 0.6 is 0 Å². The van der Waals surface area contributed by atoms with E-state index in [1.807, 2.05) is 0 Å². The van der Waals surface area contributed by atoms with E-state index >= 15 is 0 Å². The van der Waals surface area contributed by atoms with E-state index in [0.717, 1.165) is 5.56 Å². The highest BCUT2D eigenvalue weighted by Gasteiger charge is 2.09. The van der Waals surface area contributed by atoms with E-state index in [1.54, 1.807) is 31.2 Å². The van der Waals surface area contributed by atoms with Crippen LogP contribution in [-0.2, 0) is 0 Å². The predicted octanol–water partition coefficient (Wildman–Crippen LogP) is 1.84. The Kier molecular flexibility index (Phi) is 5.41. The monoisotopic (exact) mass is 340 g/mol. The summed E-state index contributed by atoms with van der Waals surface area (Å²) >= 11 is 0. The maximum absolute atomic E-state index is 12.1. The molecule has 25 heavy (non-hydrogen) atoms. The van der Waals surface area contributed by atoms with Crippen molar-refractivity contribution in [2.75, 3.05) is 5.32 Å². The molecule has 0 aliphatic carbocycles. The van der Waals surface area contributed by atoms with E-state index in [0.29, 0.717) is 17.0 Å². The second-order valence-electron chi connectivity index (χ2n) is 5.05. The van der Waals surface area contributed by atoms with Crippen LogP contribution in [0, 0.1) is 10.1 Å². The minimum absolute atomic E-state index is 0.0727. The topological polar surface area (TPSA) is 149 Å². The van der Waals surface area contributed by atoms with E-state index in [1.165, 1.54) is 24.3 Å². The first-order chi connectivity index (χ1) is 11.9. The molecule has 5 N–H and O–H groups in total. The first-order valence-corrected chi connectivity index (χ1v) is 7.16. The molecule has 2 rings (SSSR count). The fourth-order valence-electron chi connectivity index (χ4n) is 1.92. The third-order valence-corrected chi connectivity index (χ3v) is 3.22. The Bertz CT molecular complexity index is 837. The molecule has 9 nitrogen and oxygen atoms in total. The fraction of sp³-hybridized carbons (Fsp3) is 0.0625. The first-order valence-electron chi connectivity index (χ1n) is 7.16. The summed E-state index contributed by atoms with van der Waals surface area (Å²) in [7, 11) is 0. The zero-order valence-electron chi connectivity index (χ0n) is 13.3. The van der Waals surface area contributed by atoms with E-state index in [9.17, 15) is 14.9 Å². The van der Waals surface area contributed by atoms with Crippen molar-refractivity contribution in [1.29, 1.82) is 0 Å². The number of benzene rings is 2. The lowest BCUT2D eigenvalue weighted by atomic mass is 10.1. The van der Waals surface area contributed by atoms with Gasteiger partial charge in [-0.05, 0) is 36.8 Å². The molecule has 0 unspecified atom stereocenters. The van der Waals surface area contributed by atoms with Gasteiger partial charge in [-0.15, -0.1) is 5.10 Å². The highest BCUT2D eigenvalue weighted by Crippen LogP contribution is 2.15. The van der Waals surface area contributed by atoms with Crippen molar-refractivity contribution in [1.82, 2.24) is 0 Å². The molecule has 0 atom stereocenters. The number of non-ortho nitro benzene ring substituents is 1. The van der Waals surface area contributed by atoms with Crippen LogP contribution in [0.15, 0.2) is 58.7 Å². The maximum Gasteiger partial charge on any atom is 0.269 e. The molecule has 2 aromatic carbocycles. The molecule has 1 amide bonds. The van der Waals surface area contributed by atoms with Gasteiger partial charge in [-0.3, -0.25) is 14.9 Å². The van der Waals surface area contributed by atoms with Gasteiger partial charge >= 0.3 is 0 Å². The average molecular weight is 340 g/mol. The zero-order valence-corrected chi connectivity index (χ0v) is 13.3. The number of nitrogens with two attached hydrogens (primary N) is 2. The summed E-state index contributed by atoms with van der Waals surface area (Å²) in [5.74, 6) is -0.500. The summed E-state index contributed by atoms with van der Waals surface area (Å²) in [6, 6.07) is 12.3. The number of hydrogen-bond acceptors (Lipinski definition) is 5. The summed E-state index contributed by atoms with van der Waals surface area (Å²) < 4.78 is 0. The van der Waals surface area contributed by atoms with Gasteiger partial charge in [-0.25, -0.2) is 0 Å². The van der Waals surface area contributed by atoms with Crippen LogP contribution in [0.3, 0.4) is 0 Å². The van der Waals surface area contributed by atoms with Crippen molar-refractivity contribution in [2.45, 2.75) is 6.92 Å². The van der Waals surface area contributed by atoms with Crippen molar-refractivity contribution in [3.05, 3.63) is 69.8 Å². The molecule has 128 valence electrons. The summed E-state index contributed by atoms with van der Waals surface area (Å²) in [6.07, 6.45) is 0. The molecule has 0 bridgehead atoms. The van der Waals surface area contributed by atoms with E-state index < -0.39 is 4.92 Å². The number of carbonyl (C=O) groups is 1. The quantitative estimate of drug-likeness (QED) is 0.328. The number of nitrogens with one attached hydrogen (secondary N) is 1. The molecule has 9 heteroatoms. The molecule has 0 aromatic heterocycles. The van der Waals surface area contributed by atoms with Crippen LogP contribution in [0.1, 0.15) is 22.8 Å². The standard InChI is InChI=1S/C16H16N6O3/c1-10(20-21-16(17)18)11-2-6-13(7-3-11)19-15(23)12-4-8-14(9-5-12)22(24)25/h2-9H,1H3,(H,19,23)(H4,17,18,21)/b20-10-. The number of anilines is 1. The summed E-state index contributed by atoms with van der Waals surface area (Å²) in [5.41, 5.74) is 12.7. The lowest BCUT2D eigenvalue weighted by Gasteiger charge is -2.06. The van der Waals surface area contributed by atoms with Gasteiger partial charge in [0.15, 0.2) is 0 Å². The Labute approximate surface area is 143 Å². The molecule has 0 fully saturated rings. The van der Waals surface area contributed by atoms with Crippen LogP contribution < -0.4 is 16.8 Å². The number of nitro groups is 1. The Morgan fingerprint density at radius 1 is 1.00 bits per heavy atom. The van der Waals surface area contributed by atoms with Gasteiger partial charge < -0.3 is 16.8 Å². The SMILES string of the molecule is C/C(=N/N=C(N)N)c1ccc(NC(=O)c2ccc([N+](=O)[O-])cc2)cc1. The summed E-state index contributed by atoms with van der Waals surface area (Å²) in [5, 5.41) is 20.8. The van der Waals surface area contributed by atoms with Crippen LogP contribution in [0.5, 0.6) is 0 Å². The van der Waals surface area contributed by atoms with Crippen molar-refractivity contribution >= 4 is 29.0 Å². The second kappa shape index (κ2) is 7.68. The number of nitrogens with zero attached hydrogens (tertiary/aromatic N) is 3. The third kappa shape index (κ3) is 4.86. The lowest BCUT2D eigenvalue weighted by Crippen LogP contribution is -2.22. The average Bonchev–Trinajstić information content (AvgIpc) is 2.60. The first kappa shape index (κ1) is 17.6. The minimum Gasteiger partial charge on any atom is -0.369 e. The Balaban J connectivity index is 2.08. The van der Waals surface area contributed by atoms with Crippen molar-refractivity contribution in [3.63, 3.8) is 0 Å². The third-order valence-electron chi connectivity index (χ3n) is 3.22. The van der Waals surface area contributed by atoms with E-state index in [4.69, 9.17) is 11.5 Å². The Morgan fingerprint density at radius 3 is 2.08 bits per heavy atom. The van der Waals surface area contributed by atoms with Crippen molar-refractivity contribution < 1.29 is 9.72 Å². The predicted molar refractivity (Wildman–Crippen MR) is 95.5 cm³/mol. The zero-order chi connectivity index (χ0) is 18.4. The lowest BCUT2D eigenvalue weighted by molar-refractivity contribution is -0.384. The largest absolute Gasteiger partial charge is 0.369 e. The van der Waals surface area contributed by atoms with Gasteiger partial charge in [0.25, 0.3) is 11.6 Å². The van der Waals surface area contributed by atoms with Crippen LogP contribution in [0.2, 0.25) is 0 Å². The van der Waals surface area contributed by atoms with Gasteiger partial charge in [0.05, 0.1) is 10.6 Å². The molecule has 0 aliphatic heterocycles. The van der Waals surface area contributed by atoms with Gasteiger partial charge in [0, 0.05) is 23.4 Å². The van der Waals surface area contributed by atoms with Gasteiger partial charge in [0.1, 0.15) is 0 Å². The second-order valence-corrected chi connectivity index (χ2v) is 5.05. The van der Waals surface area contributed by atoms with E-state index in [-0.39, 0.29) is 17.6 Å². The van der Waals surface area contributed by atoms with Crippen LogP contribution in [-0.4, -0.2) is 22.5 Å². The van der Waals surface area contributed by atoms with Gasteiger partial charge in [0.2, 0.25) is 5.96 Å². The molecule has 0 spiro atoms. The Morgan fingerprint density at radius 2 is 1.56 bits per heavy atom.